The van der Waals surface area contributed by atoms with E-state index < -0.39 is 0 Å². The summed E-state index contributed by atoms with van der Waals surface area (Å²) in [7, 11) is 0. The number of nitrogens with two attached hydrogens (primary N) is 1. The lowest BCUT2D eigenvalue weighted by Crippen LogP contribution is -2.19. The van der Waals surface area contributed by atoms with Crippen LogP contribution in [0.3, 0.4) is 0 Å². The van der Waals surface area contributed by atoms with Crippen LogP contribution in [0.25, 0.3) is 0 Å². The maximum Gasteiger partial charge on any atom is 0.00388 e. The third-order valence-corrected chi connectivity index (χ3v) is 5.11. The molecule has 140 valence electrons. The third-order valence-electron chi connectivity index (χ3n) is 5.11. The lowest BCUT2D eigenvalue weighted by molar-refractivity contribution is 0.487. The number of rotatable bonds is 19. The van der Waals surface area contributed by atoms with Crippen molar-refractivity contribution in [3.05, 3.63) is 0 Å². The van der Waals surface area contributed by atoms with E-state index in [1.165, 1.54) is 122 Å². The van der Waals surface area contributed by atoms with E-state index in [1.807, 2.05) is 0 Å². The number of unbranched alkanes of at least 4 members (excludes halogenated alkanes) is 15. The summed E-state index contributed by atoms with van der Waals surface area (Å²) in [5.41, 5.74) is 6.16. The minimum atomic E-state index is 0.471. The van der Waals surface area contributed by atoms with Crippen molar-refractivity contribution < 1.29 is 0 Å². The Morgan fingerprint density at radius 2 is 0.696 bits per heavy atom. The first kappa shape index (κ1) is 23.0. The van der Waals surface area contributed by atoms with Crippen molar-refractivity contribution >= 4 is 0 Å². The molecule has 0 aliphatic heterocycles. The Morgan fingerprint density at radius 1 is 0.435 bits per heavy atom. The fourth-order valence-corrected chi connectivity index (χ4v) is 3.40. The normalized spacial score (nSPS) is 12.7. The molecular weight excluding hydrogens is 278 g/mol. The summed E-state index contributed by atoms with van der Waals surface area (Å²) in [5, 5.41) is 0. The minimum Gasteiger partial charge on any atom is -0.328 e. The SMILES string of the molecule is CCCCCCCCCCCCCCCCC(N)CCCCC. The van der Waals surface area contributed by atoms with Gasteiger partial charge in [-0.25, -0.2) is 0 Å². The first-order valence-electron chi connectivity index (χ1n) is 11.1. The van der Waals surface area contributed by atoms with E-state index in [2.05, 4.69) is 13.8 Å². The highest BCUT2D eigenvalue weighted by Crippen LogP contribution is 2.14. The Balaban J connectivity index is 3.05. The largest absolute Gasteiger partial charge is 0.328 e. The van der Waals surface area contributed by atoms with Gasteiger partial charge in [0.2, 0.25) is 0 Å². The first-order valence-corrected chi connectivity index (χ1v) is 11.1. The highest BCUT2D eigenvalue weighted by molar-refractivity contribution is 4.61. The van der Waals surface area contributed by atoms with Crippen LogP contribution in [-0.2, 0) is 0 Å². The Labute approximate surface area is 148 Å². The van der Waals surface area contributed by atoms with Gasteiger partial charge in [0.15, 0.2) is 0 Å². The van der Waals surface area contributed by atoms with Gasteiger partial charge in [-0.15, -0.1) is 0 Å². The molecule has 0 aliphatic carbocycles. The van der Waals surface area contributed by atoms with Gasteiger partial charge < -0.3 is 5.73 Å². The Kier molecular flexibility index (Phi) is 20.0. The highest BCUT2D eigenvalue weighted by Gasteiger charge is 2.01. The molecule has 0 saturated heterocycles. The van der Waals surface area contributed by atoms with Gasteiger partial charge in [-0.2, -0.15) is 0 Å². The van der Waals surface area contributed by atoms with Gasteiger partial charge in [-0.3, -0.25) is 0 Å². The zero-order valence-corrected chi connectivity index (χ0v) is 16.6. The molecule has 0 aromatic heterocycles. The van der Waals surface area contributed by atoms with Crippen molar-refractivity contribution in [2.75, 3.05) is 0 Å². The monoisotopic (exact) mass is 325 g/mol. The molecule has 0 aromatic carbocycles. The summed E-state index contributed by atoms with van der Waals surface area (Å²) in [5.74, 6) is 0. The Bertz CT molecular complexity index is 202. The molecule has 0 amide bonds. The second-order valence-corrected chi connectivity index (χ2v) is 7.64. The van der Waals surface area contributed by atoms with Crippen molar-refractivity contribution in [2.45, 2.75) is 142 Å². The minimum absolute atomic E-state index is 0.471. The average molecular weight is 326 g/mol. The molecule has 0 heterocycles. The Morgan fingerprint density at radius 3 is 1.09 bits per heavy atom. The lowest BCUT2D eigenvalue weighted by Gasteiger charge is -2.10. The molecule has 2 N–H and O–H groups in total. The summed E-state index contributed by atoms with van der Waals surface area (Å²) in [4.78, 5) is 0. The summed E-state index contributed by atoms with van der Waals surface area (Å²) < 4.78 is 0. The van der Waals surface area contributed by atoms with Gasteiger partial charge in [0.25, 0.3) is 0 Å². The van der Waals surface area contributed by atoms with Gasteiger partial charge in [-0.05, 0) is 12.8 Å². The van der Waals surface area contributed by atoms with E-state index in [0.717, 1.165) is 0 Å². The first-order chi connectivity index (χ1) is 11.3. The molecule has 0 rings (SSSR count). The van der Waals surface area contributed by atoms with E-state index in [1.54, 1.807) is 0 Å². The molecule has 0 aliphatic rings. The zero-order chi connectivity index (χ0) is 17.0. The molecule has 1 atom stereocenters. The Hall–Kier alpha value is -0.0400. The van der Waals surface area contributed by atoms with Crippen LogP contribution in [-0.4, -0.2) is 6.04 Å². The molecule has 0 radical (unpaired) electrons. The molecule has 0 aromatic rings. The van der Waals surface area contributed by atoms with Crippen LogP contribution in [0.1, 0.15) is 136 Å². The van der Waals surface area contributed by atoms with E-state index in [-0.39, 0.29) is 0 Å². The van der Waals surface area contributed by atoms with Crippen LogP contribution in [0.5, 0.6) is 0 Å². The molecular formula is C22H47N. The topological polar surface area (TPSA) is 26.0 Å². The molecule has 0 saturated carbocycles. The van der Waals surface area contributed by atoms with Crippen molar-refractivity contribution in [2.24, 2.45) is 5.73 Å². The molecule has 0 fully saturated rings. The predicted octanol–water partition coefficient (Wildman–Crippen LogP) is 7.77. The van der Waals surface area contributed by atoms with Gasteiger partial charge in [-0.1, -0.05) is 123 Å². The van der Waals surface area contributed by atoms with Gasteiger partial charge in [0, 0.05) is 6.04 Å². The second kappa shape index (κ2) is 20.0. The molecule has 1 unspecified atom stereocenters. The van der Waals surface area contributed by atoms with Crippen LogP contribution in [0, 0.1) is 0 Å². The van der Waals surface area contributed by atoms with Gasteiger partial charge in [0.1, 0.15) is 0 Å². The summed E-state index contributed by atoms with van der Waals surface area (Å²) >= 11 is 0. The fraction of sp³-hybridized carbons (Fsp3) is 1.00. The molecule has 0 bridgehead atoms. The van der Waals surface area contributed by atoms with Crippen molar-refractivity contribution in [1.82, 2.24) is 0 Å². The third kappa shape index (κ3) is 19.9. The van der Waals surface area contributed by atoms with Gasteiger partial charge >= 0.3 is 0 Å². The summed E-state index contributed by atoms with van der Waals surface area (Å²) in [6, 6.07) is 0.471. The van der Waals surface area contributed by atoms with Crippen LogP contribution < -0.4 is 5.73 Å². The van der Waals surface area contributed by atoms with E-state index in [9.17, 15) is 0 Å². The van der Waals surface area contributed by atoms with Crippen LogP contribution in [0.2, 0.25) is 0 Å². The molecule has 23 heavy (non-hydrogen) atoms. The number of hydrogen-bond acceptors (Lipinski definition) is 1. The maximum absolute atomic E-state index is 6.16. The van der Waals surface area contributed by atoms with Crippen LogP contribution >= 0.6 is 0 Å². The molecule has 1 heteroatoms. The summed E-state index contributed by atoms with van der Waals surface area (Å²) in [6.45, 7) is 4.56. The lowest BCUT2D eigenvalue weighted by atomic mass is 10.0. The second-order valence-electron chi connectivity index (χ2n) is 7.64. The van der Waals surface area contributed by atoms with Crippen LogP contribution in [0.15, 0.2) is 0 Å². The van der Waals surface area contributed by atoms with Crippen molar-refractivity contribution in [3.8, 4) is 0 Å². The fourth-order valence-electron chi connectivity index (χ4n) is 3.40. The average Bonchev–Trinajstić information content (AvgIpc) is 2.55. The highest BCUT2D eigenvalue weighted by atomic mass is 14.6. The zero-order valence-electron chi connectivity index (χ0n) is 16.6. The van der Waals surface area contributed by atoms with E-state index in [4.69, 9.17) is 5.73 Å². The number of hydrogen-bond donors (Lipinski definition) is 1. The predicted molar refractivity (Wildman–Crippen MR) is 107 cm³/mol. The standard InChI is InChI=1S/C22H47N/c1-3-5-7-8-9-10-11-12-13-14-15-16-17-19-21-22(23)20-18-6-4-2/h22H,3-21,23H2,1-2H3. The molecule has 1 nitrogen and oxygen atoms in total. The quantitative estimate of drug-likeness (QED) is 0.241. The van der Waals surface area contributed by atoms with Gasteiger partial charge in [0.05, 0.1) is 0 Å². The van der Waals surface area contributed by atoms with Crippen molar-refractivity contribution in [1.29, 1.82) is 0 Å². The summed E-state index contributed by atoms with van der Waals surface area (Å²) in [6.07, 6.45) is 26.6. The van der Waals surface area contributed by atoms with Crippen LogP contribution in [0.4, 0.5) is 0 Å². The van der Waals surface area contributed by atoms with E-state index in [0.29, 0.717) is 6.04 Å². The molecule has 0 spiro atoms. The smallest absolute Gasteiger partial charge is 0.00388 e. The van der Waals surface area contributed by atoms with Crippen molar-refractivity contribution in [3.63, 3.8) is 0 Å². The maximum atomic E-state index is 6.16. The van der Waals surface area contributed by atoms with E-state index >= 15 is 0 Å².